The zero-order valence-electron chi connectivity index (χ0n) is 15.6. The normalized spacial score (nSPS) is 11.9. The molecule has 0 radical (unpaired) electrons. The summed E-state index contributed by atoms with van der Waals surface area (Å²) in [4.78, 5) is 48.5. The molecule has 1 unspecified atom stereocenters. The van der Waals surface area contributed by atoms with Crippen molar-refractivity contribution in [1.82, 2.24) is 20.4 Å². The average molecular weight is 374 g/mol. The number of nitrogens with zero attached hydrogens (tertiary/aromatic N) is 2. The van der Waals surface area contributed by atoms with Gasteiger partial charge in [0.25, 0.3) is 11.5 Å². The summed E-state index contributed by atoms with van der Waals surface area (Å²) >= 11 is 0. The van der Waals surface area contributed by atoms with Crippen LogP contribution in [0.1, 0.15) is 44.2 Å². The first kappa shape index (κ1) is 20.1. The number of hydrogen-bond donors (Lipinski definition) is 2. The van der Waals surface area contributed by atoms with Gasteiger partial charge in [0.15, 0.2) is 11.8 Å². The van der Waals surface area contributed by atoms with Crippen molar-refractivity contribution < 1.29 is 19.1 Å². The number of carbonyl (C=O) groups excluding carboxylic acids is 3. The Labute approximate surface area is 155 Å². The van der Waals surface area contributed by atoms with Crippen LogP contribution in [0.4, 0.5) is 4.79 Å². The molecule has 0 saturated carbocycles. The van der Waals surface area contributed by atoms with Crippen LogP contribution >= 0.6 is 0 Å². The second-order valence-corrected chi connectivity index (χ2v) is 6.13. The molecule has 0 aliphatic rings. The maximum absolute atomic E-state index is 12.6. The topological polar surface area (TPSA) is 119 Å². The maximum Gasteiger partial charge on any atom is 0.360 e. The third-order valence-corrected chi connectivity index (χ3v) is 3.74. The summed E-state index contributed by atoms with van der Waals surface area (Å²) in [5.74, 6) is -1.63. The van der Waals surface area contributed by atoms with Gasteiger partial charge in [-0.05, 0) is 33.8 Å². The minimum Gasteiger partial charge on any atom is -0.448 e. The number of urea groups is 1. The minimum absolute atomic E-state index is 0.0726. The molecule has 9 heteroatoms. The molecule has 0 spiro atoms. The van der Waals surface area contributed by atoms with E-state index in [2.05, 4.69) is 15.7 Å². The molecular formula is C18H22N4O5. The van der Waals surface area contributed by atoms with Crippen LogP contribution in [0.15, 0.2) is 29.1 Å². The Kier molecular flexibility index (Phi) is 6.27. The Balaban J connectivity index is 2.32. The number of rotatable bonds is 5. The monoisotopic (exact) mass is 374 g/mol. The van der Waals surface area contributed by atoms with E-state index in [-0.39, 0.29) is 17.3 Å². The third-order valence-electron chi connectivity index (χ3n) is 3.74. The summed E-state index contributed by atoms with van der Waals surface area (Å²) in [5, 5.41) is 9.26. The molecule has 27 heavy (non-hydrogen) atoms. The Morgan fingerprint density at radius 3 is 2.37 bits per heavy atom. The standard InChI is InChI=1S/C18H22N4O5/c1-5-19-18(26)20-15(23)11(4)27-17(25)14-12-8-6-7-9-13(12)16(24)22(21-14)10(2)3/h6-11H,5H2,1-4H3,(H2,19,20,23,26). The molecule has 144 valence electrons. The highest BCUT2D eigenvalue weighted by Gasteiger charge is 2.24. The van der Waals surface area contributed by atoms with Gasteiger partial charge in [0, 0.05) is 11.9 Å². The summed E-state index contributed by atoms with van der Waals surface area (Å²) in [6.07, 6.45) is -1.22. The minimum atomic E-state index is -1.22. The van der Waals surface area contributed by atoms with Crippen LogP contribution < -0.4 is 16.2 Å². The number of ether oxygens (including phenoxy) is 1. The van der Waals surface area contributed by atoms with E-state index in [1.165, 1.54) is 11.6 Å². The number of aromatic nitrogens is 2. The van der Waals surface area contributed by atoms with Crippen LogP contribution in [0.3, 0.4) is 0 Å². The number of imide groups is 1. The lowest BCUT2D eigenvalue weighted by Crippen LogP contribution is -2.44. The molecule has 2 N–H and O–H groups in total. The molecule has 1 aromatic carbocycles. The first-order chi connectivity index (χ1) is 12.8. The van der Waals surface area contributed by atoms with Gasteiger partial charge in [-0.2, -0.15) is 5.10 Å². The third kappa shape index (κ3) is 4.49. The molecule has 2 rings (SSSR count). The lowest BCUT2D eigenvalue weighted by atomic mass is 10.1. The van der Waals surface area contributed by atoms with E-state index in [1.54, 1.807) is 45.0 Å². The van der Waals surface area contributed by atoms with Gasteiger partial charge in [-0.15, -0.1) is 0 Å². The van der Waals surface area contributed by atoms with Gasteiger partial charge in [-0.25, -0.2) is 14.3 Å². The maximum atomic E-state index is 12.6. The highest BCUT2D eigenvalue weighted by molar-refractivity contribution is 6.03. The van der Waals surface area contributed by atoms with E-state index in [1.807, 2.05) is 0 Å². The summed E-state index contributed by atoms with van der Waals surface area (Å²) in [6.45, 7) is 6.92. The molecule has 0 saturated heterocycles. The van der Waals surface area contributed by atoms with E-state index >= 15 is 0 Å². The molecular weight excluding hydrogens is 352 g/mol. The number of benzene rings is 1. The predicted molar refractivity (Wildman–Crippen MR) is 98.5 cm³/mol. The molecule has 0 aliphatic heterocycles. The predicted octanol–water partition coefficient (Wildman–Crippen LogP) is 1.37. The number of fused-ring (bicyclic) bond motifs is 1. The molecule has 2 aromatic rings. The van der Waals surface area contributed by atoms with Crippen LogP contribution in [0.5, 0.6) is 0 Å². The lowest BCUT2D eigenvalue weighted by Gasteiger charge is -2.15. The number of hydrogen-bond acceptors (Lipinski definition) is 6. The first-order valence-corrected chi connectivity index (χ1v) is 8.57. The Hall–Kier alpha value is -3.23. The van der Waals surface area contributed by atoms with Gasteiger partial charge in [0.05, 0.1) is 11.4 Å². The Bertz CT molecular complexity index is 935. The number of amides is 3. The van der Waals surface area contributed by atoms with Crippen LogP contribution in [0, 0.1) is 0 Å². The summed E-state index contributed by atoms with van der Waals surface area (Å²) in [7, 11) is 0. The van der Waals surface area contributed by atoms with Crippen molar-refractivity contribution in [3.05, 3.63) is 40.3 Å². The van der Waals surface area contributed by atoms with Gasteiger partial charge in [-0.1, -0.05) is 18.2 Å². The molecule has 0 fully saturated rings. The highest BCUT2D eigenvalue weighted by atomic mass is 16.5. The molecule has 0 aliphatic carbocycles. The molecule has 1 atom stereocenters. The van der Waals surface area contributed by atoms with Crippen molar-refractivity contribution in [3.63, 3.8) is 0 Å². The van der Waals surface area contributed by atoms with Crippen molar-refractivity contribution >= 4 is 28.7 Å². The molecule has 1 heterocycles. The van der Waals surface area contributed by atoms with E-state index in [4.69, 9.17) is 4.74 Å². The van der Waals surface area contributed by atoms with Crippen molar-refractivity contribution in [3.8, 4) is 0 Å². The van der Waals surface area contributed by atoms with Crippen molar-refractivity contribution in [2.24, 2.45) is 0 Å². The fraction of sp³-hybridized carbons (Fsp3) is 0.389. The number of esters is 1. The molecule has 0 bridgehead atoms. The largest absolute Gasteiger partial charge is 0.448 e. The summed E-state index contributed by atoms with van der Waals surface area (Å²) in [5.41, 5.74) is -0.393. The van der Waals surface area contributed by atoms with Crippen molar-refractivity contribution in [2.75, 3.05) is 6.54 Å². The van der Waals surface area contributed by atoms with Crippen LogP contribution in [0.2, 0.25) is 0 Å². The lowest BCUT2D eigenvalue weighted by molar-refractivity contribution is -0.127. The van der Waals surface area contributed by atoms with Crippen molar-refractivity contribution in [1.29, 1.82) is 0 Å². The van der Waals surface area contributed by atoms with Gasteiger partial charge >= 0.3 is 12.0 Å². The van der Waals surface area contributed by atoms with Crippen molar-refractivity contribution in [2.45, 2.75) is 39.8 Å². The fourth-order valence-corrected chi connectivity index (χ4v) is 2.40. The van der Waals surface area contributed by atoms with Gasteiger partial charge in [0.2, 0.25) is 0 Å². The van der Waals surface area contributed by atoms with E-state index < -0.39 is 24.0 Å². The van der Waals surface area contributed by atoms with E-state index in [0.717, 1.165) is 0 Å². The van der Waals surface area contributed by atoms with Crippen LogP contribution in [-0.2, 0) is 9.53 Å². The smallest absolute Gasteiger partial charge is 0.360 e. The Morgan fingerprint density at radius 2 is 1.78 bits per heavy atom. The van der Waals surface area contributed by atoms with Crippen LogP contribution in [-0.4, -0.2) is 40.3 Å². The molecule has 3 amide bonds. The van der Waals surface area contributed by atoms with E-state index in [0.29, 0.717) is 17.3 Å². The molecule has 9 nitrogen and oxygen atoms in total. The van der Waals surface area contributed by atoms with Gasteiger partial charge in [-0.3, -0.25) is 14.9 Å². The summed E-state index contributed by atoms with van der Waals surface area (Å²) in [6, 6.07) is 5.59. The fourth-order valence-electron chi connectivity index (χ4n) is 2.40. The highest BCUT2D eigenvalue weighted by Crippen LogP contribution is 2.16. The van der Waals surface area contributed by atoms with Crippen LogP contribution in [0.25, 0.3) is 10.8 Å². The van der Waals surface area contributed by atoms with Gasteiger partial charge < -0.3 is 10.1 Å². The number of nitrogens with one attached hydrogen (secondary N) is 2. The Morgan fingerprint density at radius 1 is 1.15 bits per heavy atom. The number of carbonyl (C=O) groups is 3. The second-order valence-electron chi connectivity index (χ2n) is 6.13. The van der Waals surface area contributed by atoms with E-state index in [9.17, 15) is 19.2 Å². The summed E-state index contributed by atoms with van der Waals surface area (Å²) < 4.78 is 6.34. The quantitative estimate of drug-likeness (QED) is 0.763. The SMILES string of the molecule is CCNC(=O)NC(=O)C(C)OC(=O)c1nn(C(C)C)c(=O)c2ccccc12. The van der Waals surface area contributed by atoms with Gasteiger partial charge in [0.1, 0.15) is 0 Å². The molecule has 1 aromatic heterocycles. The first-order valence-electron chi connectivity index (χ1n) is 8.57. The zero-order valence-corrected chi connectivity index (χ0v) is 15.6. The zero-order chi connectivity index (χ0) is 20.1. The average Bonchev–Trinajstić information content (AvgIpc) is 2.61. The second kappa shape index (κ2) is 8.43.